The van der Waals surface area contributed by atoms with Crippen LogP contribution in [-0.2, 0) is 7.05 Å². The lowest BCUT2D eigenvalue weighted by atomic mass is 10.1. The Bertz CT molecular complexity index is 563. The third-order valence-corrected chi connectivity index (χ3v) is 3.25. The molecule has 2 aromatic rings. The van der Waals surface area contributed by atoms with E-state index in [2.05, 4.69) is 17.1 Å². The first-order valence-electron chi connectivity index (χ1n) is 5.49. The fourth-order valence-electron chi connectivity index (χ4n) is 1.62. The molecule has 0 spiro atoms. The molecule has 0 bridgehead atoms. The number of thioether (sulfide) groups is 1. The molecule has 0 aliphatic carbocycles. The molecule has 0 radical (unpaired) electrons. The third kappa shape index (κ3) is 2.53. The Balaban J connectivity index is 2.39. The van der Waals surface area contributed by atoms with E-state index in [0.29, 0.717) is 5.69 Å². The van der Waals surface area contributed by atoms with Crippen molar-refractivity contribution in [2.45, 2.75) is 11.8 Å². The van der Waals surface area contributed by atoms with E-state index in [4.69, 9.17) is 5.11 Å². The Morgan fingerprint density at radius 3 is 2.56 bits per heavy atom. The van der Waals surface area contributed by atoms with Gasteiger partial charge in [0.15, 0.2) is 5.69 Å². The van der Waals surface area contributed by atoms with Gasteiger partial charge in [-0.1, -0.05) is 19.1 Å². The highest BCUT2D eigenvalue weighted by Gasteiger charge is 2.17. The zero-order valence-corrected chi connectivity index (χ0v) is 10.9. The molecule has 5 nitrogen and oxygen atoms in total. The van der Waals surface area contributed by atoms with Crippen molar-refractivity contribution in [3.05, 3.63) is 30.0 Å². The number of benzene rings is 1. The number of hydrogen-bond acceptors (Lipinski definition) is 4. The van der Waals surface area contributed by atoms with Crippen molar-refractivity contribution in [1.29, 1.82) is 0 Å². The SMILES string of the molecule is CCSc1ccc(-c2nn(C)nc2C(=O)O)cc1. The van der Waals surface area contributed by atoms with Crippen LogP contribution in [0.1, 0.15) is 17.4 Å². The van der Waals surface area contributed by atoms with Gasteiger partial charge in [-0.2, -0.15) is 9.90 Å². The van der Waals surface area contributed by atoms with Gasteiger partial charge in [0.25, 0.3) is 0 Å². The summed E-state index contributed by atoms with van der Waals surface area (Å²) in [5, 5.41) is 17.0. The average Bonchev–Trinajstić information content (AvgIpc) is 2.73. The van der Waals surface area contributed by atoms with E-state index in [1.165, 1.54) is 4.80 Å². The Kier molecular flexibility index (Phi) is 3.66. The number of aromatic carboxylic acids is 1. The second-order valence-corrected chi connectivity index (χ2v) is 4.99. The summed E-state index contributed by atoms with van der Waals surface area (Å²) >= 11 is 1.74. The molecule has 94 valence electrons. The third-order valence-electron chi connectivity index (χ3n) is 2.36. The van der Waals surface area contributed by atoms with Crippen molar-refractivity contribution in [3.63, 3.8) is 0 Å². The second-order valence-electron chi connectivity index (χ2n) is 3.65. The fourth-order valence-corrected chi connectivity index (χ4v) is 2.28. The van der Waals surface area contributed by atoms with Crippen LogP contribution in [-0.4, -0.2) is 31.8 Å². The normalized spacial score (nSPS) is 10.6. The lowest BCUT2D eigenvalue weighted by Gasteiger charge is -2.00. The van der Waals surface area contributed by atoms with Crippen molar-refractivity contribution in [2.24, 2.45) is 7.05 Å². The molecule has 0 saturated carbocycles. The van der Waals surface area contributed by atoms with E-state index in [9.17, 15) is 4.79 Å². The van der Waals surface area contributed by atoms with Crippen LogP contribution in [0.2, 0.25) is 0 Å². The molecular weight excluding hydrogens is 250 g/mol. The average molecular weight is 263 g/mol. The van der Waals surface area contributed by atoms with Gasteiger partial charge in [0.1, 0.15) is 5.69 Å². The van der Waals surface area contributed by atoms with Crippen molar-refractivity contribution in [1.82, 2.24) is 15.0 Å². The highest BCUT2D eigenvalue weighted by atomic mass is 32.2. The summed E-state index contributed by atoms with van der Waals surface area (Å²) in [4.78, 5) is 13.5. The van der Waals surface area contributed by atoms with Crippen LogP contribution in [0.3, 0.4) is 0 Å². The number of rotatable bonds is 4. The molecule has 6 heteroatoms. The highest BCUT2D eigenvalue weighted by Crippen LogP contribution is 2.24. The number of aromatic nitrogens is 3. The molecule has 0 unspecified atom stereocenters. The van der Waals surface area contributed by atoms with Crippen LogP contribution < -0.4 is 0 Å². The summed E-state index contributed by atoms with van der Waals surface area (Å²) in [6.07, 6.45) is 0. The second kappa shape index (κ2) is 5.22. The molecule has 1 aromatic carbocycles. The van der Waals surface area contributed by atoms with Gasteiger partial charge in [-0.15, -0.1) is 16.9 Å². The maximum atomic E-state index is 11.1. The van der Waals surface area contributed by atoms with E-state index in [-0.39, 0.29) is 5.69 Å². The van der Waals surface area contributed by atoms with E-state index in [1.54, 1.807) is 18.8 Å². The summed E-state index contributed by atoms with van der Waals surface area (Å²) in [5.41, 5.74) is 1.15. The Morgan fingerprint density at radius 1 is 1.33 bits per heavy atom. The van der Waals surface area contributed by atoms with E-state index in [0.717, 1.165) is 16.2 Å². The standard InChI is InChI=1S/C12H13N3O2S/c1-3-18-9-6-4-8(5-7-9)10-11(12(16)17)14-15(2)13-10/h4-7H,3H2,1-2H3,(H,16,17). The lowest BCUT2D eigenvalue weighted by Crippen LogP contribution is -2.00. The number of hydrogen-bond donors (Lipinski definition) is 1. The summed E-state index contributed by atoms with van der Waals surface area (Å²) in [6.45, 7) is 2.09. The van der Waals surface area contributed by atoms with Crippen molar-refractivity contribution < 1.29 is 9.90 Å². The van der Waals surface area contributed by atoms with Gasteiger partial charge in [-0.05, 0) is 17.9 Å². The first-order valence-corrected chi connectivity index (χ1v) is 6.48. The zero-order chi connectivity index (χ0) is 13.1. The molecule has 0 aliphatic heterocycles. The highest BCUT2D eigenvalue weighted by molar-refractivity contribution is 7.99. The minimum Gasteiger partial charge on any atom is -0.476 e. The molecule has 0 fully saturated rings. The smallest absolute Gasteiger partial charge is 0.358 e. The molecule has 0 atom stereocenters. The number of carboxylic acid groups (broad SMARTS) is 1. The monoisotopic (exact) mass is 263 g/mol. The molecule has 2 rings (SSSR count). The minimum absolute atomic E-state index is 0.0200. The molecule has 18 heavy (non-hydrogen) atoms. The molecule has 1 N–H and O–H groups in total. The molecule has 0 saturated heterocycles. The first-order chi connectivity index (χ1) is 8.61. The van der Waals surface area contributed by atoms with Gasteiger partial charge in [-0.3, -0.25) is 0 Å². The van der Waals surface area contributed by atoms with Crippen molar-refractivity contribution in [3.8, 4) is 11.3 Å². The van der Waals surface area contributed by atoms with Gasteiger partial charge in [0.2, 0.25) is 0 Å². The van der Waals surface area contributed by atoms with Gasteiger partial charge >= 0.3 is 5.97 Å². The zero-order valence-electron chi connectivity index (χ0n) is 10.1. The maximum Gasteiger partial charge on any atom is 0.358 e. The van der Waals surface area contributed by atoms with Crippen LogP contribution in [0.15, 0.2) is 29.2 Å². The summed E-state index contributed by atoms with van der Waals surface area (Å²) < 4.78 is 0. The van der Waals surface area contributed by atoms with Gasteiger partial charge < -0.3 is 5.11 Å². The number of carboxylic acids is 1. The number of nitrogens with zero attached hydrogens (tertiary/aromatic N) is 3. The van der Waals surface area contributed by atoms with Crippen LogP contribution in [0.5, 0.6) is 0 Å². The Morgan fingerprint density at radius 2 is 2.00 bits per heavy atom. The number of carbonyl (C=O) groups is 1. The van der Waals surface area contributed by atoms with Crippen molar-refractivity contribution >= 4 is 17.7 Å². The lowest BCUT2D eigenvalue weighted by molar-refractivity contribution is 0.0690. The predicted molar refractivity (Wildman–Crippen MR) is 69.8 cm³/mol. The largest absolute Gasteiger partial charge is 0.476 e. The minimum atomic E-state index is -1.06. The van der Waals surface area contributed by atoms with Gasteiger partial charge in [0.05, 0.1) is 0 Å². The molecule has 0 aliphatic rings. The topological polar surface area (TPSA) is 68.0 Å². The Hall–Kier alpha value is -1.82. The van der Waals surface area contributed by atoms with Gasteiger partial charge in [0, 0.05) is 17.5 Å². The van der Waals surface area contributed by atoms with Gasteiger partial charge in [-0.25, -0.2) is 4.79 Å². The maximum absolute atomic E-state index is 11.1. The van der Waals surface area contributed by atoms with Crippen LogP contribution >= 0.6 is 11.8 Å². The quantitative estimate of drug-likeness (QED) is 0.857. The first kappa shape index (κ1) is 12.6. The van der Waals surface area contributed by atoms with E-state index in [1.807, 2.05) is 24.3 Å². The van der Waals surface area contributed by atoms with E-state index >= 15 is 0 Å². The van der Waals surface area contributed by atoms with Crippen molar-refractivity contribution in [2.75, 3.05) is 5.75 Å². The predicted octanol–water partition coefficient (Wildman–Crippen LogP) is 2.29. The van der Waals surface area contributed by atoms with Crippen LogP contribution in [0, 0.1) is 0 Å². The van der Waals surface area contributed by atoms with Crippen LogP contribution in [0.25, 0.3) is 11.3 Å². The number of aryl methyl sites for hydroxylation is 1. The Labute approximate surface area is 109 Å². The summed E-state index contributed by atoms with van der Waals surface area (Å²) in [7, 11) is 1.61. The van der Waals surface area contributed by atoms with E-state index < -0.39 is 5.97 Å². The van der Waals surface area contributed by atoms with Crippen LogP contribution in [0.4, 0.5) is 0 Å². The molecular formula is C12H13N3O2S. The fraction of sp³-hybridized carbons (Fsp3) is 0.250. The summed E-state index contributed by atoms with van der Waals surface area (Å²) in [5.74, 6) is -0.0599. The molecule has 1 aromatic heterocycles. The summed E-state index contributed by atoms with van der Waals surface area (Å²) in [6, 6.07) is 7.66. The molecule has 0 amide bonds. The molecule has 1 heterocycles.